The van der Waals surface area contributed by atoms with Gasteiger partial charge in [-0.2, -0.15) is 5.26 Å². The van der Waals surface area contributed by atoms with Crippen LogP contribution in [0, 0.1) is 11.3 Å². The van der Waals surface area contributed by atoms with Crippen LogP contribution in [0.1, 0.15) is 19.4 Å². The molecule has 1 aliphatic rings. The molecule has 0 aliphatic carbocycles. The molecule has 168 valence electrons. The number of aliphatic hydroxyl groups is 1. The predicted octanol–water partition coefficient (Wildman–Crippen LogP) is 4.61. The average molecular weight is 443 g/mol. The van der Waals surface area contributed by atoms with Crippen LogP contribution in [0.5, 0.6) is 5.75 Å². The fourth-order valence-corrected chi connectivity index (χ4v) is 3.83. The minimum Gasteiger partial charge on any atom is -0.467 e. The molecule has 1 N–H and O–H groups in total. The number of amidine groups is 1. The van der Waals surface area contributed by atoms with Gasteiger partial charge in [-0.25, -0.2) is 0 Å². The minimum atomic E-state index is -0.394. The van der Waals surface area contributed by atoms with Gasteiger partial charge in [0.25, 0.3) is 11.4 Å². The smallest absolute Gasteiger partial charge is 0.467 e. The van der Waals surface area contributed by atoms with Crippen LogP contribution in [0.4, 0.5) is 17.1 Å². The van der Waals surface area contributed by atoms with Crippen molar-refractivity contribution in [1.29, 1.82) is 5.26 Å². The summed E-state index contributed by atoms with van der Waals surface area (Å²) in [5.74, 6) is 1.23. The summed E-state index contributed by atoms with van der Waals surface area (Å²) in [6.07, 6.45) is 9.50. The molecule has 6 heteroatoms. The van der Waals surface area contributed by atoms with E-state index in [9.17, 15) is 5.26 Å². The Kier molecular flexibility index (Phi) is 7.96. The topological polar surface area (TPSA) is 62.5 Å². The van der Waals surface area contributed by atoms with Crippen LogP contribution >= 0.6 is 0 Å². The van der Waals surface area contributed by atoms with E-state index in [1.807, 2.05) is 48.1 Å². The Labute approximate surface area is 195 Å². The summed E-state index contributed by atoms with van der Waals surface area (Å²) in [5, 5.41) is 18.8. The molecular formula is C27H30N4O2+2. The second-order valence-corrected chi connectivity index (χ2v) is 7.43. The second kappa shape index (κ2) is 11.1. The zero-order valence-electron chi connectivity index (χ0n) is 19.4. The number of rotatable bonds is 9. The summed E-state index contributed by atoms with van der Waals surface area (Å²) in [7, 11) is 1.87. The van der Waals surface area contributed by atoms with Crippen LogP contribution in [0.25, 0.3) is 6.08 Å². The number of nitrogens with zero attached hydrogens (tertiary/aromatic N) is 4. The van der Waals surface area contributed by atoms with Crippen molar-refractivity contribution in [3.63, 3.8) is 0 Å². The molecule has 0 aromatic heterocycles. The van der Waals surface area contributed by atoms with E-state index in [-0.39, 0.29) is 0 Å². The number of ether oxygens (including phenoxy) is 1. The maximum Gasteiger partial charge on any atom is 0.467 e. The zero-order valence-corrected chi connectivity index (χ0v) is 19.4. The maximum atomic E-state index is 9.75. The molecule has 0 bridgehead atoms. The lowest BCUT2D eigenvalue weighted by Gasteiger charge is -2.20. The highest BCUT2D eigenvalue weighted by Crippen LogP contribution is 2.36. The van der Waals surface area contributed by atoms with Gasteiger partial charge in [0.05, 0.1) is 6.07 Å². The lowest BCUT2D eigenvalue weighted by molar-refractivity contribution is -0.438. The van der Waals surface area contributed by atoms with Crippen LogP contribution in [-0.2, 0) is 0 Å². The number of anilines is 1. The van der Waals surface area contributed by atoms with Crippen molar-refractivity contribution >= 4 is 35.7 Å². The highest BCUT2D eigenvalue weighted by atomic mass is 16.6. The van der Waals surface area contributed by atoms with E-state index in [0.29, 0.717) is 17.2 Å². The van der Waals surface area contributed by atoms with Crippen molar-refractivity contribution in [2.45, 2.75) is 13.8 Å². The molecule has 0 amide bonds. The molecule has 6 nitrogen and oxygen atoms in total. The van der Waals surface area contributed by atoms with E-state index in [1.165, 1.54) is 5.69 Å². The summed E-state index contributed by atoms with van der Waals surface area (Å²) >= 11 is 0. The van der Waals surface area contributed by atoms with Crippen LogP contribution in [-0.4, -0.2) is 53.7 Å². The van der Waals surface area contributed by atoms with Gasteiger partial charge in [0.2, 0.25) is 0 Å². The monoisotopic (exact) mass is 442 g/mol. The van der Waals surface area contributed by atoms with E-state index >= 15 is 0 Å². The molecule has 2 aromatic carbocycles. The summed E-state index contributed by atoms with van der Waals surface area (Å²) in [6, 6.07) is 16.2. The number of benzene rings is 2. The van der Waals surface area contributed by atoms with Gasteiger partial charge in [0, 0.05) is 24.8 Å². The normalized spacial score (nSPS) is 13.7. The number of aliphatic hydroxyl groups excluding tert-OH is 1. The van der Waals surface area contributed by atoms with Crippen LogP contribution in [0.3, 0.4) is 0 Å². The Morgan fingerprint density at radius 2 is 1.82 bits per heavy atom. The maximum absolute atomic E-state index is 9.75. The molecule has 0 saturated heterocycles. The standard InChI is InChI=1S/C27H30N4O2/c1-5-31(6-2)23-14-12-21(13-15-23)10-8-7-9-11-22(19-28)27-29(3)25-17-16-24(33-20-32)18-26(25)30(27)4/h7-18,32H,3,5-6,20H2,1-2,4H3/q+2. The van der Waals surface area contributed by atoms with Crippen molar-refractivity contribution in [3.05, 3.63) is 77.9 Å². The second-order valence-electron chi connectivity index (χ2n) is 7.43. The minimum absolute atomic E-state index is 0.394. The fourth-order valence-electron chi connectivity index (χ4n) is 3.83. The molecular weight excluding hydrogens is 412 g/mol. The molecule has 1 heterocycles. The van der Waals surface area contributed by atoms with Gasteiger partial charge in [-0.05, 0) is 43.7 Å². The molecule has 0 spiro atoms. The van der Waals surface area contributed by atoms with E-state index in [1.54, 1.807) is 16.7 Å². The quantitative estimate of drug-likeness (QED) is 0.267. The van der Waals surface area contributed by atoms with Gasteiger partial charge >= 0.3 is 5.84 Å². The first-order chi connectivity index (χ1) is 16.0. The van der Waals surface area contributed by atoms with Gasteiger partial charge in [0.1, 0.15) is 25.6 Å². The average Bonchev–Trinajstić information content (AvgIpc) is 3.08. The predicted molar refractivity (Wildman–Crippen MR) is 134 cm³/mol. The SMILES string of the molecule is C=[N+]1C(/C(C#N)=C/C=C/C=C/c2ccc(N(CC)CC)cc2)=[N+](C)c2cc(OCO)ccc21. The molecule has 0 fully saturated rings. The van der Waals surface area contributed by atoms with Crippen molar-refractivity contribution in [3.8, 4) is 11.8 Å². The van der Waals surface area contributed by atoms with Crippen molar-refractivity contribution < 1.29 is 19.0 Å². The lowest BCUT2D eigenvalue weighted by atomic mass is 10.1. The summed E-state index contributed by atoms with van der Waals surface area (Å²) in [5.41, 5.74) is 4.53. The molecule has 3 rings (SSSR count). The van der Waals surface area contributed by atoms with Crippen molar-refractivity contribution in [1.82, 2.24) is 0 Å². The molecule has 0 unspecified atom stereocenters. The third kappa shape index (κ3) is 5.28. The number of hydrogen-bond acceptors (Lipinski definition) is 4. The van der Waals surface area contributed by atoms with Gasteiger partial charge < -0.3 is 14.7 Å². The Hall–Kier alpha value is -3.95. The Balaban J connectivity index is 1.74. The van der Waals surface area contributed by atoms with Gasteiger partial charge in [-0.3, -0.25) is 0 Å². The molecule has 33 heavy (non-hydrogen) atoms. The molecule has 0 saturated carbocycles. The van der Waals surface area contributed by atoms with Crippen molar-refractivity contribution in [2.24, 2.45) is 0 Å². The Bertz CT molecular complexity index is 1180. The number of allylic oxidation sites excluding steroid dienone is 4. The van der Waals surface area contributed by atoms with Crippen LogP contribution in [0.15, 0.2) is 72.3 Å². The zero-order chi connectivity index (χ0) is 23.8. The first-order valence-corrected chi connectivity index (χ1v) is 10.9. The highest BCUT2D eigenvalue weighted by Gasteiger charge is 2.42. The lowest BCUT2D eigenvalue weighted by Crippen LogP contribution is -2.21. The Morgan fingerprint density at radius 1 is 1.09 bits per heavy atom. The first-order valence-electron chi connectivity index (χ1n) is 10.9. The van der Waals surface area contributed by atoms with E-state index < -0.39 is 6.79 Å². The summed E-state index contributed by atoms with van der Waals surface area (Å²) in [6.45, 7) is 10.00. The molecule has 2 aromatic rings. The van der Waals surface area contributed by atoms with Crippen LogP contribution in [0.2, 0.25) is 0 Å². The first kappa shape index (κ1) is 23.7. The van der Waals surface area contributed by atoms with Gasteiger partial charge in [0.15, 0.2) is 12.4 Å². The van der Waals surface area contributed by atoms with E-state index in [0.717, 1.165) is 30.0 Å². The third-order valence-electron chi connectivity index (χ3n) is 5.56. The molecule has 1 aliphatic heterocycles. The largest absolute Gasteiger partial charge is 0.467 e. The third-order valence-corrected chi connectivity index (χ3v) is 5.56. The van der Waals surface area contributed by atoms with Crippen molar-refractivity contribution in [2.75, 3.05) is 31.8 Å². The van der Waals surface area contributed by atoms with Gasteiger partial charge in [-0.1, -0.05) is 36.4 Å². The van der Waals surface area contributed by atoms with E-state index in [2.05, 4.69) is 55.8 Å². The number of nitriles is 1. The number of fused-ring (bicyclic) bond motifs is 1. The van der Waals surface area contributed by atoms with Crippen LogP contribution < -0.4 is 9.64 Å². The van der Waals surface area contributed by atoms with E-state index in [4.69, 9.17) is 9.84 Å². The highest BCUT2D eigenvalue weighted by molar-refractivity contribution is 5.97. The Morgan fingerprint density at radius 3 is 2.45 bits per heavy atom. The van der Waals surface area contributed by atoms with Gasteiger partial charge in [-0.15, -0.1) is 9.15 Å². The summed E-state index contributed by atoms with van der Waals surface area (Å²) in [4.78, 5) is 2.31. The molecule has 0 radical (unpaired) electrons. The number of hydrogen-bond donors (Lipinski definition) is 1. The molecule has 0 atom stereocenters. The fraction of sp³-hybridized carbons (Fsp3) is 0.222. The summed E-state index contributed by atoms with van der Waals surface area (Å²) < 4.78 is 8.80.